The molecule has 8 heteroatoms. The first-order chi connectivity index (χ1) is 11.6. The van der Waals surface area contributed by atoms with Gasteiger partial charge >= 0.3 is 0 Å². The van der Waals surface area contributed by atoms with E-state index in [1.54, 1.807) is 11.3 Å². The number of thiophene rings is 1. The Morgan fingerprint density at radius 1 is 1.42 bits per heavy atom. The minimum absolute atomic E-state index is 0.193. The van der Waals surface area contributed by atoms with Gasteiger partial charge in [-0.05, 0) is 31.2 Å². The van der Waals surface area contributed by atoms with Crippen LogP contribution in [0.25, 0.3) is 0 Å². The number of aliphatic hydroxyl groups is 1. The summed E-state index contributed by atoms with van der Waals surface area (Å²) in [6.45, 7) is 4.81. The van der Waals surface area contributed by atoms with Crippen LogP contribution in [-0.4, -0.2) is 49.9 Å². The zero-order chi connectivity index (χ0) is 16.9. The standard InChI is InChI=1S/C16H24N6OS/c1-12-19-20-15(21(12)2)11-18-16(17-10-14-4-3-9-24-14)22-7-5-13(23)6-8-22/h3-4,9,13,23H,5-8,10-11H2,1-2H3,(H,17,18). The van der Waals surface area contributed by atoms with Gasteiger partial charge in [0.15, 0.2) is 11.8 Å². The van der Waals surface area contributed by atoms with E-state index in [4.69, 9.17) is 4.99 Å². The van der Waals surface area contributed by atoms with Gasteiger partial charge in [0, 0.05) is 25.0 Å². The summed E-state index contributed by atoms with van der Waals surface area (Å²) in [5.41, 5.74) is 0. The monoisotopic (exact) mass is 348 g/mol. The Bertz CT molecular complexity index is 673. The minimum Gasteiger partial charge on any atom is -0.393 e. The lowest BCUT2D eigenvalue weighted by atomic mass is 10.1. The van der Waals surface area contributed by atoms with Crippen LogP contribution < -0.4 is 5.32 Å². The summed E-state index contributed by atoms with van der Waals surface area (Å²) >= 11 is 1.73. The second-order valence-corrected chi connectivity index (χ2v) is 7.05. The van der Waals surface area contributed by atoms with E-state index in [0.29, 0.717) is 6.54 Å². The topological polar surface area (TPSA) is 78.6 Å². The molecule has 1 aliphatic rings. The van der Waals surface area contributed by atoms with Crippen molar-refractivity contribution < 1.29 is 5.11 Å². The smallest absolute Gasteiger partial charge is 0.194 e. The first kappa shape index (κ1) is 16.9. The summed E-state index contributed by atoms with van der Waals surface area (Å²) < 4.78 is 1.96. The Labute approximate surface area is 146 Å². The maximum absolute atomic E-state index is 9.73. The maximum atomic E-state index is 9.73. The van der Waals surface area contributed by atoms with Gasteiger partial charge < -0.3 is 19.9 Å². The molecule has 2 aromatic heterocycles. The fourth-order valence-electron chi connectivity index (χ4n) is 2.66. The molecule has 0 aromatic carbocycles. The second-order valence-electron chi connectivity index (χ2n) is 6.01. The quantitative estimate of drug-likeness (QED) is 0.643. The van der Waals surface area contributed by atoms with Gasteiger partial charge in [0.05, 0.1) is 12.6 Å². The highest BCUT2D eigenvalue weighted by Crippen LogP contribution is 2.12. The first-order valence-corrected chi connectivity index (χ1v) is 9.10. The fraction of sp³-hybridized carbons (Fsp3) is 0.562. The molecule has 1 saturated heterocycles. The normalized spacial score (nSPS) is 16.6. The molecular weight excluding hydrogens is 324 g/mol. The van der Waals surface area contributed by atoms with Gasteiger partial charge in [-0.2, -0.15) is 0 Å². The van der Waals surface area contributed by atoms with Crippen molar-refractivity contribution in [3.05, 3.63) is 34.0 Å². The number of aryl methyl sites for hydroxylation is 1. The molecule has 7 nitrogen and oxygen atoms in total. The van der Waals surface area contributed by atoms with Gasteiger partial charge in [-0.1, -0.05) is 6.07 Å². The Morgan fingerprint density at radius 3 is 2.83 bits per heavy atom. The molecule has 2 N–H and O–H groups in total. The van der Waals surface area contributed by atoms with Crippen LogP contribution in [0.15, 0.2) is 22.5 Å². The molecule has 24 heavy (non-hydrogen) atoms. The van der Waals surface area contributed by atoms with E-state index in [1.807, 2.05) is 18.5 Å². The third kappa shape index (κ3) is 4.12. The number of guanidine groups is 1. The average molecular weight is 348 g/mol. The predicted octanol–water partition coefficient (Wildman–Crippen LogP) is 1.29. The highest BCUT2D eigenvalue weighted by atomic mass is 32.1. The van der Waals surface area contributed by atoms with Crippen molar-refractivity contribution in [1.29, 1.82) is 0 Å². The van der Waals surface area contributed by atoms with Gasteiger partial charge in [-0.15, -0.1) is 21.5 Å². The number of nitrogens with one attached hydrogen (secondary N) is 1. The number of rotatable bonds is 4. The molecule has 3 rings (SSSR count). The number of nitrogens with zero attached hydrogens (tertiary/aromatic N) is 5. The molecule has 0 radical (unpaired) electrons. The third-order valence-corrected chi connectivity index (χ3v) is 5.19. The molecule has 0 atom stereocenters. The fourth-order valence-corrected chi connectivity index (χ4v) is 3.30. The van der Waals surface area contributed by atoms with Crippen LogP contribution in [0.4, 0.5) is 0 Å². The summed E-state index contributed by atoms with van der Waals surface area (Å²) in [5.74, 6) is 2.60. The molecule has 2 aromatic rings. The van der Waals surface area contributed by atoms with E-state index in [1.165, 1.54) is 4.88 Å². The molecule has 0 aliphatic carbocycles. The van der Waals surface area contributed by atoms with Crippen molar-refractivity contribution in [2.24, 2.45) is 12.0 Å². The van der Waals surface area contributed by atoms with E-state index >= 15 is 0 Å². The summed E-state index contributed by atoms with van der Waals surface area (Å²) in [6.07, 6.45) is 1.37. The van der Waals surface area contributed by atoms with E-state index < -0.39 is 0 Å². The van der Waals surface area contributed by atoms with Gasteiger partial charge in [0.2, 0.25) is 0 Å². The lowest BCUT2D eigenvalue weighted by molar-refractivity contribution is 0.108. The highest BCUT2D eigenvalue weighted by Gasteiger charge is 2.20. The molecule has 0 unspecified atom stereocenters. The van der Waals surface area contributed by atoms with Crippen LogP contribution in [0.2, 0.25) is 0 Å². The third-order valence-electron chi connectivity index (χ3n) is 4.32. The molecule has 0 bridgehead atoms. The predicted molar refractivity (Wildman–Crippen MR) is 94.9 cm³/mol. The largest absolute Gasteiger partial charge is 0.393 e. The van der Waals surface area contributed by atoms with E-state index in [-0.39, 0.29) is 6.10 Å². The molecule has 3 heterocycles. The summed E-state index contributed by atoms with van der Waals surface area (Å²) in [7, 11) is 1.95. The molecule has 0 spiro atoms. The molecule has 0 saturated carbocycles. The van der Waals surface area contributed by atoms with Crippen LogP contribution in [-0.2, 0) is 20.1 Å². The van der Waals surface area contributed by atoms with E-state index in [9.17, 15) is 5.11 Å². The number of piperidine rings is 1. The number of aliphatic imine (C=N–C) groups is 1. The van der Waals surface area contributed by atoms with Crippen molar-refractivity contribution in [3.63, 3.8) is 0 Å². The summed E-state index contributed by atoms with van der Waals surface area (Å²) in [4.78, 5) is 8.23. The van der Waals surface area contributed by atoms with Crippen LogP contribution in [0.5, 0.6) is 0 Å². The Morgan fingerprint density at radius 2 is 2.21 bits per heavy atom. The SMILES string of the molecule is Cc1nnc(CN=C(NCc2cccs2)N2CCC(O)CC2)n1C. The highest BCUT2D eigenvalue weighted by molar-refractivity contribution is 7.09. The summed E-state index contributed by atoms with van der Waals surface area (Å²) in [6, 6.07) is 4.17. The van der Waals surface area contributed by atoms with Crippen LogP contribution >= 0.6 is 11.3 Å². The Kier molecular flexibility index (Phi) is 5.47. The first-order valence-electron chi connectivity index (χ1n) is 8.22. The van der Waals surface area contributed by atoms with Crippen molar-refractivity contribution in [2.45, 2.75) is 39.0 Å². The van der Waals surface area contributed by atoms with Gasteiger partial charge in [-0.3, -0.25) is 0 Å². The summed E-state index contributed by atoms with van der Waals surface area (Å²) in [5, 5.41) is 23.5. The van der Waals surface area contributed by atoms with Gasteiger partial charge in [0.25, 0.3) is 0 Å². The number of likely N-dealkylation sites (tertiary alicyclic amines) is 1. The molecule has 1 aliphatic heterocycles. The molecule has 0 amide bonds. The van der Waals surface area contributed by atoms with Crippen LogP contribution in [0.3, 0.4) is 0 Å². The molecular formula is C16H24N6OS. The second kappa shape index (κ2) is 7.76. The minimum atomic E-state index is -0.193. The van der Waals surface area contributed by atoms with E-state index in [2.05, 4.69) is 37.9 Å². The maximum Gasteiger partial charge on any atom is 0.194 e. The number of aliphatic hydroxyl groups excluding tert-OH is 1. The lowest BCUT2D eigenvalue weighted by Gasteiger charge is -2.32. The Hall–Kier alpha value is -1.93. The van der Waals surface area contributed by atoms with Crippen molar-refractivity contribution in [2.75, 3.05) is 13.1 Å². The average Bonchev–Trinajstić information content (AvgIpc) is 3.21. The molecule has 1 fully saturated rings. The number of aromatic nitrogens is 3. The number of hydrogen-bond donors (Lipinski definition) is 2. The van der Waals surface area contributed by atoms with Crippen molar-refractivity contribution in [3.8, 4) is 0 Å². The number of hydrogen-bond acceptors (Lipinski definition) is 5. The van der Waals surface area contributed by atoms with Gasteiger partial charge in [0.1, 0.15) is 12.4 Å². The van der Waals surface area contributed by atoms with Crippen LogP contribution in [0.1, 0.15) is 29.4 Å². The zero-order valence-electron chi connectivity index (χ0n) is 14.1. The zero-order valence-corrected chi connectivity index (χ0v) is 15.0. The van der Waals surface area contributed by atoms with Gasteiger partial charge in [-0.25, -0.2) is 4.99 Å². The van der Waals surface area contributed by atoms with E-state index in [0.717, 1.165) is 50.1 Å². The van der Waals surface area contributed by atoms with Crippen molar-refractivity contribution in [1.82, 2.24) is 25.0 Å². The Balaban J connectivity index is 1.70. The lowest BCUT2D eigenvalue weighted by Crippen LogP contribution is -2.46. The van der Waals surface area contributed by atoms with Crippen LogP contribution in [0, 0.1) is 6.92 Å². The molecule has 130 valence electrons. The van der Waals surface area contributed by atoms with Crippen molar-refractivity contribution >= 4 is 17.3 Å².